The summed E-state index contributed by atoms with van der Waals surface area (Å²) in [6.07, 6.45) is 3.32. The van der Waals surface area contributed by atoms with E-state index < -0.39 is 5.97 Å². The van der Waals surface area contributed by atoms with Crippen LogP contribution in [0.15, 0.2) is 79.4 Å². The summed E-state index contributed by atoms with van der Waals surface area (Å²) in [5.74, 6) is -0.395. The maximum Gasteiger partial charge on any atom is 0.330 e. The SMILES string of the molecule is C=CC(=O)OCCCc1cc(-c2ccc(-c3ccccc3)cc2C)ccc1CCO. The van der Waals surface area contributed by atoms with E-state index in [2.05, 4.69) is 74.2 Å². The van der Waals surface area contributed by atoms with Crippen LogP contribution in [0.5, 0.6) is 0 Å². The van der Waals surface area contributed by atoms with E-state index in [-0.39, 0.29) is 6.61 Å². The van der Waals surface area contributed by atoms with Crippen LogP contribution in [-0.2, 0) is 22.4 Å². The molecular formula is C27H28O3. The van der Waals surface area contributed by atoms with E-state index in [0.717, 1.165) is 24.0 Å². The molecule has 1 N–H and O–H groups in total. The molecule has 0 aliphatic rings. The Morgan fingerprint density at radius 2 is 1.70 bits per heavy atom. The zero-order valence-corrected chi connectivity index (χ0v) is 17.4. The molecule has 3 heteroatoms. The molecule has 3 aromatic carbocycles. The Balaban J connectivity index is 1.83. The Morgan fingerprint density at radius 3 is 2.40 bits per heavy atom. The second-order valence-corrected chi connectivity index (χ2v) is 7.33. The van der Waals surface area contributed by atoms with Gasteiger partial charge in [0.15, 0.2) is 0 Å². The van der Waals surface area contributed by atoms with Crippen LogP contribution in [0, 0.1) is 6.92 Å². The van der Waals surface area contributed by atoms with Crippen molar-refractivity contribution in [1.82, 2.24) is 0 Å². The van der Waals surface area contributed by atoms with Crippen LogP contribution in [0.3, 0.4) is 0 Å². The highest BCUT2D eigenvalue weighted by Crippen LogP contribution is 2.30. The zero-order chi connectivity index (χ0) is 21.3. The third kappa shape index (κ3) is 5.46. The van der Waals surface area contributed by atoms with Crippen LogP contribution in [0.4, 0.5) is 0 Å². The molecule has 0 radical (unpaired) electrons. The molecule has 0 heterocycles. The van der Waals surface area contributed by atoms with Gasteiger partial charge in [0, 0.05) is 12.7 Å². The van der Waals surface area contributed by atoms with Gasteiger partial charge in [-0.05, 0) is 65.1 Å². The van der Waals surface area contributed by atoms with Crippen molar-refractivity contribution in [3.05, 3.63) is 96.1 Å². The van der Waals surface area contributed by atoms with Crippen molar-refractivity contribution >= 4 is 5.97 Å². The fraction of sp³-hybridized carbons (Fsp3) is 0.222. The minimum atomic E-state index is -0.395. The van der Waals surface area contributed by atoms with Gasteiger partial charge in [-0.2, -0.15) is 0 Å². The summed E-state index contributed by atoms with van der Waals surface area (Å²) in [4.78, 5) is 11.2. The number of aliphatic hydroxyl groups excluding tert-OH is 1. The second kappa shape index (κ2) is 10.6. The Bertz CT molecular complexity index is 1010. The lowest BCUT2D eigenvalue weighted by Gasteiger charge is -2.14. The van der Waals surface area contributed by atoms with Crippen molar-refractivity contribution in [2.75, 3.05) is 13.2 Å². The number of hydrogen-bond acceptors (Lipinski definition) is 3. The summed E-state index contributed by atoms with van der Waals surface area (Å²) in [5, 5.41) is 9.41. The Morgan fingerprint density at radius 1 is 0.933 bits per heavy atom. The van der Waals surface area contributed by atoms with Crippen LogP contribution in [0.2, 0.25) is 0 Å². The molecule has 0 amide bonds. The monoisotopic (exact) mass is 400 g/mol. The highest BCUT2D eigenvalue weighted by Gasteiger charge is 2.09. The predicted octanol–water partition coefficient (Wildman–Crippen LogP) is 5.53. The summed E-state index contributed by atoms with van der Waals surface area (Å²) in [6, 6.07) is 23.4. The summed E-state index contributed by atoms with van der Waals surface area (Å²) in [6.45, 7) is 6.02. The number of benzene rings is 3. The molecule has 0 aromatic heterocycles. The van der Waals surface area contributed by atoms with Gasteiger partial charge in [0.05, 0.1) is 6.61 Å². The first-order valence-electron chi connectivity index (χ1n) is 10.3. The molecular weight excluding hydrogens is 372 g/mol. The molecule has 0 bridgehead atoms. The van der Waals surface area contributed by atoms with Crippen molar-refractivity contribution in [2.45, 2.75) is 26.2 Å². The molecule has 0 atom stereocenters. The van der Waals surface area contributed by atoms with Gasteiger partial charge in [-0.1, -0.05) is 73.3 Å². The van der Waals surface area contributed by atoms with Gasteiger partial charge in [0.2, 0.25) is 0 Å². The first kappa shape index (κ1) is 21.5. The van der Waals surface area contributed by atoms with Gasteiger partial charge in [-0.15, -0.1) is 0 Å². The first-order chi connectivity index (χ1) is 14.6. The molecule has 3 nitrogen and oxygen atoms in total. The van der Waals surface area contributed by atoms with Crippen LogP contribution >= 0.6 is 0 Å². The predicted molar refractivity (Wildman–Crippen MR) is 122 cm³/mol. The average Bonchev–Trinajstić information content (AvgIpc) is 2.78. The maximum atomic E-state index is 11.2. The lowest BCUT2D eigenvalue weighted by Crippen LogP contribution is -2.05. The quantitative estimate of drug-likeness (QED) is 0.292. The molecule has 0 spiro atoms. The van der Waals surface area contributed by atoms with E-state index >= 15 is 0 Å². The minimum Gasteiger partial charge on any atom is -0.463 e. The molecule has 154 valence electrons. The van der Waals surface area contributed by atoms with Crippen LogP contribution in [-0.4, -0.2) is 24.3 Å². The number of aryl methyl sites for hydroxylation is 2. The molecule has 0 fully saturated rings. The van der Waals surface area contributed by atoms with Crippen LogP contribution in [0.25, 0.3) is 22.3 Å². The van der Waals surface area contributed by atoms with Gasteiger partial charge in [0.25, 0.3) is 0 Å². The Hall–Kier alpha value is -3.17. The molecule has 0 unspecified atom stereocenters. The van der Waals surface area contributed by atoms with E-state index in [1.54, 1.807) is 0 Å². The molecule has 0 aliphatic carbocycles. The van der Waals surface area contributed by atoms with E-state index in [1.165, 1.54) is 33.9 Å². The fourth-order valence-corrected chi connectivity index (χ4v) is 3.68. The molecule has 0 saturated heterocycles. The van der Waals surface area contributed by atoms with Crippen LogP contribution in [0.1, 0.15) is 23.1 Å². The number of hydrogen-bond donors (Lipinski definition) is 1. The summed E-state index contributed by atoms with van der Waals surface area (Å²) >= 11 is 0. The highest BCUT2D eigenvalue weighted by atomic mass is 16.5. The van der Waals surface area contributed by atoms with Crippen molar-refractivity contribution in [3.8, 4) is 22.3 Å². The number of rotatable bonds is 9. The number of carbonyl (C=O) groups is 1. The average molecular weight is 401 g/mol. The molecule has 0 saturated carbocycles. The number of aliphatic hydroxyl groups is 1. The smallest absolute Gasteiger partial charge is 0.330 e. The molecule has 0 aliphatic heterocycles. The minimum absolute atomic E-state index is 0.114. The lowest BCUT2D eigenvalue weighted by molar-refractivity contribution is -0.137. The van der Waals surface area contributed by atoms with Crippen molar-refractivity contribution < 1.29 is 14.6 Å². The topological polar surface area (TPSA) is 46.5 Å². The van der Waals surface area contributed by atoms with E-state index in [9.17, 15) is 9.90 Å². The van der Waals surface area contributed by atoms with Crippen LogP contribution < -0.4 is 0 Å². The van der Waals surface area contributed by atoms with Crippen molar-refractivity contribution in [2.24, 2.45) is 0 Å². The molecule has 3 rings (SSSR count). The largest absolute Gasteiger partial charge is 0.463 e. The summed E-state index contributed by atoms with van der Waals surface area (Å²) < 4.78 is 5.10. The molecule has 30 heavy (non-hydrogen) atoms. The normalized spacial score (nSPS) is 10.6. The maximum absolute atomic E-state index is 11.2. The first-order valence-corrected chi connectivity index (χ1v) is 10.3. The summed E-state index contributed by atoms with van der Waals surface area (Å²) in [5.41, 5.74) is 8.31. The second-order valence-electron chi connectivity index (χ2n) is 7.33. The van der Waals surface area contributed by atoms with E-state index in [1.807, 2.05) is 6.07 Å². The van der Waals surface area contributed by atoms with Gasteiger partial charge < -0.3 is 9.84 Å². The Labute approximate surface area is 178 Å². The summed E-state index contributed by atoms with van der Waals surface area (Å²) in [7, 11) is 0. The number of ether oxygens (including phenoxy) is 1. The third-order valence-corrected chi connectivity index (χ3v) is 5.23. The zero-order valence-electron chi connectivity index (χ0n) is 17.4. The van der Waals surface area contributed by atoms with E-state index in [0.29, 0.717) is 13.0 Å². The van der Waals surface area contributed by atoms with Gasteiger partial charge in [0.1, 0.15) is 0 Å². The van der Waals surface area contributed by atoms with Gasteiger partial charge in [-0.25, -0.2) is 4.79 Å². The van der Waals surface area contributed by atoms with Gasteiger partial charge >= 0.3 is 5.97 Å². The van der Waals surface area contributed by atoms with Crippen molar-refractivity contribution in [3.63, 3.8) is 0 Å². The molecule has 3 aromatic rings. The van der Waals surface area contributed by atoms with E-state index in [4.69, 9.17) is 4.74 Å². The lowest BCUT2D eigenvalue weighted by atomic mass is 9.92. The van der Waals surface area contributed by atoms with Crippen molar-refractivity contribution in [1.29, 1.82) is 0 Å². The fourth-order valence-electron chi connectivity index (χ4n) is 3.68. The third-order valence-electron chi connectivity index (χ3n) is 5.23. The van der Waals surface area contributed by atoms with Gasteiger partial charge in [-0.3, -0.25) is 0 Å². The number of esters is 1. The number of carbonyl (C=O) groups excluding carboxylic acids is 1. The highest BCUT2D eigenvalue weighted by molar-refractivity contribution is 5.81. The Kier molecular flexibility index (Phi) is 7.58. The standard InChI is InChI=1S/C27H28O3/c1-3-27(29)30-17-7-10-23-19-25(12-11-22(23)15-16-28)26-14-13-24(18-20(26)2)21-8-5-4-6-9-21/h3-6,8-9,11-14,18-19,28H,1,7,10,15-17H2,2H3.